The number of esters is 3. The van der Waals surface area contributed by atoms with E-state index in [1.807, 2.05) is 0 Å². The first-order chi connectivity index (χ1) is 38.0. The van der Waals surface area contributed by atoms with Crippen molar-refractivity contribution in [1.82, 2.24) is 0 Å². The fourth-order valence-electron chi connectivity index (χ4n) is 10.2. The highest BCUT2D eigenvalue weighted by Gasteiger charge is 2.19. The van der Waals surface area contributed by atoms with Crippen LogP contribution in [0.3, 0.4) is 0 Å². The fraction of sp³-hybridized carbons (Fsp3) is 0.845. The van der Waals surface area contributed by atoms with E-state index in [0.29, 0.717) is 19.3 Å². The third-order valence-electron chi connectivity index (χ3n) is 15.3. The van der Waals surface area contributed by atoms with Crippen molar-refractivity contribution in [2.24, 2.45) is 0 Å². The fourth-order valence-corrected chi connectivity index (χ4v) is 10.2. The van der Waals surface area contributed by atoms with Crippen LogP contribution < -0.4 is 0 Å². The van der Waals surface area contributed by atoms with E-state index in [0.717, 1.165) is 77.0 Å². The summed E-state index contributed by atoms with van der Waals surface area (Å²) in [5.41, 5.74) is 0. The zero-order valence-electron chi connectivity index (χ0n) is 51.7. The Morgan fingerprint density at radius 1 is 0.260 bits per heavy atom. The molecule has 0 saturated carbocycles. The summed E-state index contributed by atoms with van der Waals surface area (Å²) in [5.74, 6) is -0.874. The highest BCUT2D eigenvalue weighted by Crippen LogP contribution is 2.18. The van der Waals surface area contributed by atoms with Gasteiger partial charge in [-0.2, -0.15) is 0 Å². The van der Waals surface area contributed by atoms with Crippen molar-refractivity contribution in [3.05, 3.63) is 48.6 Å². The van der Waals surface area contributed by atoms with E-state index in [-0.39, 0.29) is 31.1 Å². The maximum absolute atomic E-state index is 12.9. The van der Waals surface area contributed by atoms with Gasteiger partial charge in [0.25, 0.3) is 0 Å². The molecule has 0 saturated heterocycles. The van der Waals surface area contributed by atoms with Crippen LogP contribution in [0, 0.1) is 0 Å². The van der Waals surface area contributed by atoms with Crippen LogP contribution in [0.4, 0.5) is 0 Å². The van der Waals surface area contributed by atoms with E-state index in [1.165, 1.54) is 250 Å². The number of carbonyl (C=O) groups excluding carboxylic acids is 3. The van der Waals surface area contributed by atoms with Crippen molar-refractivity contribution in [2.45, 2.75) is 374 Å². The smallest absolute Gasteiger partial charge is 0.306 e. The first-order valence-corrected chi connectivity index (χ1v) is 34.1. The molecule has 1 unspecified atom stereocenters. The number of carbonyl (C=O) groups is 3. The van der Waals surface area contributed by atoms with E-state index in [9.17, 15) is 14.4 Å². The summed E-state index contributed by atoms with van der Waals surface area (Å²) in [6, 6.07) is 0. The zero-order valence-corrected chi connectivity index (χ0v) is 51.7. The summed E-state index contributed by atoms with van der Waals surface area (Å²) in [6.07, 6.45) is 83.1. The maximum Gasteiger partial charge on any atom is 0.306 e. The molecule has 0 aliphatic carbocycles. The minimum Gasteiger partial charge on any atom is -0.462 e. The van der Waals surface area contributed by atoms with E-state index in [2.05, 4.69) is 69.4 Å². The second-order valence-electron chi connectivity index (χ2n) is 23.1. The number of allylic oxidation sites excluding steroid dienone is 8. The van der Waals surface area contributed by atoms with Crippen LogP contribution in [0.15, 0.2) is 48.6 Å². The molecule has 6 heteroatoms. The third kappa shape index (κ3) is 64.1. The molecule has 77 heavy (non-hydrogen) atoms. The Kier molecular flexibility index (Phi) is 63.6. The summed E-state index contributed by atoms with van der Waals surface area (Å²) in [5, 5.41) is 0. The van der Waals surface area contributed by atoms with Gasteiger partial charge in [-0.25, -0.2) is 0 Å². The Morgan fingerprint density at radius 3 is 0.740 bits per heavy atom. The van der Waals surface area contributed by atoms with Crippen molar-refractivity contribution >= 4 is 17.9 Å². The second kappa shape index (κ2) is 65.9. The first-order valence-electron chi connectivity index (χ1n) is 34.1. The molecule has 1 atom stereocenters. The normalized spacial score (nSPS) is 12.3. The second-order valence-corrected chi connectivity index (χ2v) is 23.1. The van der Waals surface area contributed by atoms with Gasteiger partial charge in [-0.3, -0.25) is 14.4 Å². The summed E-state index contributed by atoms with van der Waals surface area (Å²) in [4.78, 5) is 38.1. The summed E-state index contributed by atoms with van der Waals surface area (Å²) in [7, 11) is 0. The summed E-state index contributed by atoms with van der Waals surface area (Å²) >= 11 is 0. The standard InChI is InChI=1S/C71H130O6/c1-4-7-10-13-16-18-20-22-24-26-28-30-31-32-33-34-35-36-37-38-39-41-42-44-46-48-50-52-55-58-61-64-70(73)76-67-68(66-75-69(72)63-60-57-54-15-12-9-6-3)77-71(74)65-62-59-56-53-51-49-47-45-43-40-29-27-25-23-21-19-17-14-11-8-5-2/h21,23,26-29,43,45,68H,4-20,22,24-25,30-42,44,46-67H2,1-3H3/b23-21-,28-26-,29-27-,45-43-. The van der Waals surface area contributed by atoms with Gasteiger partial charge in [0, 0.05) is 19.3 Å². The first kappa shape index (κ1) is 74.4. The highest BCUT2D eigenvalue weighted by molar-refractivity contribution is 5.71. The van der Waals surface area contributed by atoms with Crippen molar-refractivity contribution in [3.8, 4) is 0 Å². The van der Waals surface area contributed by atoms with E-state index in [1.54, 1.807) is 0 Å². The van der Waals surface area contributed by atoms with Crippen molar-refractivity contribution in [2.75, 3.05) is 13.2 Å². The van der Waals surface area contributed by atoms with Crippen LogP contribution in [-0.2, 0) is 28.6 Å². The highest BCUT2D eigenvalue weighted by atomic mass is 16.6. The number of hydrogen-bond acceptors (Lipinski definition) is 6. The number of rotatable bonds is 63. The molecular weight excluding hydrogens is 949 g/mol. The lowest BCUT2D eigenvalue weighted by molar-refractivity contribution is -0.167. The average Bonchev–Trinajstić information content (AvgIpc) is 3.43. The van der Waals surface area contributed by atoms with Gasteiger partial charge in [0.2, 0.25) is 0 Å². The molecule has 0 radical (unpaired) electrons. The van der Waals surface area contributed by atoms with Gasteiger partial charge in [-0.1, -0.05) is 313 Å². The third-order valence-corrected chi connectivity index (χ3v) is 15.3. The van der Waals surface area contributed by atoms with Crippen LogP contribution in [0.1, 0.15) is 367 Å². The summed E-state index contributed by atoms with van der Waals surface area (Å²) in [6.45, 7) is 6.62. The van der Waals surface area contributed by atoms with Gasteiger partial charge >= 0.3 is 17.9 Å². The zero-order chi connectivity index (χ0) is 55.7. The minimum absolute atomic E-state index is 0.0747. The van der Waals surface area contributed by atoms with Gasteiger partial charge < -0.3 is 14.2 Å². The average molecular weight is 1080 g/mol. The Hall–Kier alpha value is -2.63. The molecule has 450 valence electrons. The van der Waals surface area contributed by atoms with Gasteiger partial charge in [-0.15, -0.1) is 0 Å². The monoisotopic (exact) mass is 1080 g/mol. The lowest BCUT2D eigenvalue weighted by Gasteiger charge is -2.18. The summed E-state index contributed by atoms with van der Waals surface area (Å²) < 4.78 is 16.9. The Balaban J connectivity index is 4.04. The Morgan fingerprint density at radius 2 is 0.468 bits per heavy atom. The van der Waals surface area contributed by atoms with Crippen LogP contribution >= 0.6 is 0 Å². The van der Waals surface area contributed by atoms with Crippen molar-refractivity contribution < 1.29 is 28.6 Å². The molecule has 6 nitrogen and oxygen atoms in total. The molecule has 0 fully saturated rings. The number of ether oxygens (including phenoxy) is 3. The molecule has 0 N–H and O–H groups in total. The number of unbranched alkanes of at least 4 members (excludes halogenated alkanes) is 44. The lowest BCUT2D eigenvalue weighted by atomic mass is 10.0. The predicted octanol–water partition coefficient (Wildman–Crippen LogP) is 23.3. The largest absolute Gasteiger partial charge is 0.462 e. The number of hydrogen-bond donors (Lipinski definition) is 0. The SMILES string of the molecule is CCCCCCC/C=C\C/C=C\C/C=C\CCCCCCCCC(=O)OC(COC(=O)CCCCCCCCC)COC(=O)CCCCCCCCCCCCCCCCCCCCC/C=C\CCCCCCCCCC. The molecule has 0 heterocycles. The van der Waals surface area contributed by atoms with E-state index >= 15 is 0 Å². The van der Waals surface area contributed by atoms with Crippen LogP contribution in [0.2, 0.25) is 0 Å². The molecular formula is C71H130O6. The molecule has 0 aliphatic heterocycles. The molecule has 0 amide bonds. The molecule has 0 aromatic heterocycles. The topological polar surface area (TPSA) is 78.9 Å². The van der Waals surface area contributed by atoms with E-state index in [4.69, 9.17) is 14.2 Å². The van der Waals surface area contributed by atoms with Crippen LogP contribution in [0.25, 0.3) is 0 Å². The quantitative estimate of drug-likeness (QED) is 0.0261. The Labute approximate surface area is 479 Å². The maximum atomic E-state index is 12.9. The molecule has 0 spiro atoms. The van der Waals surface area contributed by atoms with Crippen molar-refractivity contribution in [3.63, 3.8) is 0 Å². The van der Waals surface area contributed by atoms with Gasteiger partial charge in [0.05, 0.1) is 0 Å². The molecule has 0 rings (SSSR count). The van der Waals surface area contributed by atoms with Crippen LogP contribution in [0.5, 0.6) is 0 Å². The molecule has 0 aromatic rings. The van der Waals surface area contributed by atoms with Crippen LogP contribution in [-0.4, -0.2) is 37.2 Å². The molecule has 0 aliphatic rings. The van der Waals surface area contributed by atoms with Crippen molar-refractivity contribution in [1.29, 1.82) is 0 Å². The van der Waals surface area contributed by atoms with Gasteiger partial charge in [-0.05, 0) is 83.5 Å². The van der Waals surface area contributed by atoms with Gasteiger partial charge in [0.1, 0.15) is 13.2 Å². The Bertz CT molecular complexity index is 1330. The molecule has 0 aromatic carbocycles. The van der Waals surface area contributed by atoms with Gasteiger partial charge in [0.15, 0.2) is 6.10 Å². The van der Waals surface area contributed by atoms with E-state index < -0.39 is 6.10 Å². The predicted molar refractivity (Wildman–Crippen MR) is 335 cm³/mol. The minimum atomic E-state index is -0.776. The molecule has 0 bridgehead atoms. The lowest BCUT2D eigenvalue weighted by Crippen LogP contribution is -2.30.